The Labute approximate surface area is 133 Å². The molecule has 6 nitrogen and oxygen atoms in total. The van der Waals surface area contributed by atoms with Crippen LogP contribution < -0.4 is 5.32 Å². The van der Waals surface area contributed by atoms with Gasteiger partial charge in [0.25, 0.3) is 5.91 Å². The highest BCUT2D eigenvalue weighted by atomic mass is 16.4. The smallest absolute Gasteiger partial charge is 0.252 e. The zero-order valence-corrected chi connectivity index (χ0v) is 12.7. The van der Waals surface area contributed by atoms with E-state index >= 15 is 0 Å². The highest BCUT2D eigenvalue weighted by Gasteiger charge is 2.10. The van der Waals surface area contributed by atoms with Crippen LogP contribution in [0.5, 0.6) is 0 Å². The first-order valence-corrected chi connectivity index (χ1v) is 7.30. The maximum Gasteiger partial charge on any atom is 0.252 e. The zero-order chi connectivity index (χ0) is 16.1. The predicted octanol–water partition coefficient (Wildman–Crippen LogP) is 2.41. The summed E-state index contributed by atoms with van der Waals surface area (Å²) in [4.78, 5) is 15.8. The molecule has 0 aliphatic heterocycles. The van der Waals surface area contributed by atoms with Crippen LogP contribution in [0.1, 0.15) is 21.8 Å². The number of pyridine rings is 1. The van der Waals surface area contributed by atoms with E-state index in [9.17, 15) is 4.79 Å². The van der Waals surface area contributed by atoms with E-state index < -0.39 is 0 Å². The van der Waals surface area contributed by atoms with Crippen molar-refractivity contribution in [2.45, 2.75) is 13.3 Å². The summed E-state index contributed by atoms with van der Waals surface area (Å²) in [7, 11) is 0. The van der Waals surface area contributed by atoms with Crippen LogP contribution in [0, 0.1) is 6.92 Å². The van der Waals surface area contributed by atoms with Gasteiger partial charge in [-0.1, -0.05) is 17.7 Å². The van der Waals surface area contributed by atoms with Gasteiger partial charge in [-0.05, 0) is 31.2 Å². The number of nitrogens with one attached hydrogen (secondary N) is 1. The Morgan fingerprint density at radius 3 is 2.91 bits per heavy atom. The van der Waals surface area contributed by atoms with Crippen molar-refractivity contribution >= 4 is 5.91 Å². The molecule has 1 N–H and O–H groups in total. The molecule has 2 heterocycles. The van der Waals surface area contributed by atoms with Gasteiger partial charge < -0.3 is 9.73 Å². The largest absolute Gasteiger partial charge is 0.421 e. The number of carbonyl (C=O) groups excluding carboxylic acids is 1. The first kappa shape index (κ1) is 14.9. The number of amides is 1. The van der Waals surface area contributed by atoms with Gasteiger partial charge in [0, 0.05) is 30.9 Å². The molecular formula is C17H16N4O2. The molecule has 1 aromatic carbocycles. The van der Waals surface area contributed by atoms with Crippen LogP contribution in [0.15, 0.2) is 53.2 Å². The molecule has 6 heteroatoms. The molecule has 0 aliphatic rings. The van der Waals surface area contributed by atoms with Crippen molar-refractivity contribution in [1.29, 1.82) is 0 Å². The summed E-state index contributed by atoms with van der Waals surface area (Å²) in [6.45, 7) is 2.43. The van der Waals surface area contributed by atoms with Crippen LogP contribution in [0.25, 0.3) is 11.5 Å². The molecule has 0 radical (unpaired) electrons. The number of hydrogen-bond acceptors (Lipinski definition) is 5. The Morgan fingerprint density at radius 1 is 1.22 bits per heavy atom. The number of nitrogens with zero attached hydrogens (tertiary/aromatic N) is 3. The van der Waals surface area contributed by atoms with Crippen molar-refractivity contribution in [2.24, 2.45) is 0 Å². The second-order valence-corrected chi connectivity index (χ2v) is 5.12. The molecule has 0 saturated carbocycles. The van der Waals surface area contributed by atoms with E-state index in [0.29, 0.717) is 30.3 Å². The normalized spacial score (nSPS) is 10.5. The van der Waals surface area contributed by atoms with Gasteiger partial charge in [-0.3, -0.25) is 9.78 Å². The molecule has 0 aliphatic carbocycles. The van der Waals surface area contributed by atoms with Gasteiger partial charge in [-0.15, -0.1) is 10.2 Å². The van der Waals surface area contributed by atoms with Crippen molar-refractivity contribution in [3.63, 3.8) is 0 Å². The van der Waals surface area contributed by atoms with Gasteiger partial charge in [-0.2, -0.15) is 0 Å². The SMILES string of the molecule is Cc1cccc(-c2nnc(CCNC(=O)c3cccnc3)o2)c1. The Bertz CT molecular complexity index is 799. The molecular weight excluding hydrogens is 292 g/mol. The third-order valence-corrected chi connectivity index (χ3v) is 3.28. The molecule has 3 rings (SSSR count). The second kappa shape index (κ2) is 6.83. The van der Waals surface area contributed by atoms with Crippen molar-refractivity contribution in [3.05, 3.63) is 65.8 Å². The van der Waals surface area contributed by atoms with Crippen LogP contribution in [0.4, 0.5) is 0 Å². The Balaban J connectivity index is 1.57. The first-order chi connectivity index (χ1) is 11.2. The minimum absolute atomic E-state index is 0.170. The van der Waals surface area contributed by atoms with Crippen LogP contribution in [-0.4, -0.2) is 27.6 Å². The van der Waals surface area contributed by atoms with Crippen LogP contribution in [0.2, 0.25) is 0 Å². The number of benzene rings is 1. The van der Waals surface area contributed by atoms with E-state index in [0.717, 1.165) is 11.1 Å². The van der Waals surface area contributed by atoms with Gasteiger partial charge >= 0.3 is 0 Å². The summed E-state index contributed by atoms with van der Waals surface area (Å²) in [5, 5.41) is 10.9. The van der Waals surface area contributed by atoms with E-state index in [1.54, 1.807) is 18.3 Å². The van der Waals surface area contributed by atoms with Gasteiger partial charge in [-0.25, -0.2) is 0 Å². The van der Waals surface area contributed by atoms with Crippen molar-refractivity contribution in [2.75, 3.05) is 6.54 Å². The quantitative estimate of drug-likeness (QED) is 0.783. The predicted molar refractivity (Wildman–Crippen MR) is 84.7 cm³/mol. The highest BCUT2D eigenvalue weighted by Crippen LogP contribution is 2.18. The van der Waals surface area contributed by atoms with Crippen molar-refractivity contribution < 1.29 is 9.21 Å². The first-order valence-electron chi connectivity index (χ1n) is 7.30. The molecule has 3 aromatic rings. The summed E-state index contributed by atoms with van der Waals surface area (Å²) in [5.41, 5.74) is 2.55. The van der Waals surface area contributed by atoms with E-state index in [1.165, 1.54) is 6.20 Å². The summed E-state index contributed by atoms with van der Waals surface area (Å²) in [5.74, 6) is 0.812. The van der Waals surface area contributed by atoms with Crippen LogP contribution >= 0.6 is 0 Å². The number of rotatable bonds is 5. The number of aryl methyl sites for hydroxylation is 1. The fourth-order valence-electron chi connectivity index (χ4n) is 2.13. The molecule has 0 saturated heterocycles. The van der Waals surface area contributed by atoms with Crippen LogP contribution in [-0.2, 0) is 6.42 Å². The van der Waals surface area contributed by atoms with E-state index in [1.807, 2.05) is 31.2 Å². The monoisotopic (exact) mass is 308 g/mol. The molecule has 1 amide bonds. The zero-order valence-electron chi connectivity index (χ0n) is 12.7. The fourth-order valence-corrected chi connectivity index (χ4v) is 2.13. The third-order valence-electron chi connectivity index (χ3n) is 3.28. The summed E-state index contributed by atoms with van der Waals surface area (Å²) in [6, 6.07) is 11.3. The molecule has 0 unspecified atom stereocenters. The molecule has 0 atom stereocenters. The molecule has 116 valence electrons. The molecule has 0 bridgehead atoms. The molecule has 2 aromatic heterocycles. The maximum absolute atomic E-state index is 11.9. The third kappa shape index (κ3) is 3.79. The average Bonchev–Trinajstić information content (AvgIpc) is 3.04. The number of hydrogen-bond donors (Lipinski definition) is 1. The average molecular weight is 308 g/mol. The summed E-state index contributed by atoms with van der Waals surface area (Å²) < 4.78 is 5.63. The lowest BCUT2D eigenvalue weighted by Gasteiger charge is -2.02. The topological polar surface area (TPSA) is 80.9 Å². The second-order valence-electron chi connectivity index (χ2n) is 5.12. The lowest BCUT2D eigenvalue weighted by atomic mass is 10.1. The summed E-state index contributed by atoms with van der Waals surface area (Å²) in [6.07, 6.45) is 3.63. The maximum atomic E-state index is 11.9. The fraction of sp³-hybridized carbons (Fsp3) is 0.176. The lowest BCUT2D eigenvalue weighted by Crippen LogP contribution is -2.25. The van der Waals surface area contributed by atoms with E-state index in [2.05, 4.69) is 20.5 Å². The lowest BCUT2D eigenvalue weighted by molar-refractivity contribution is 0.0953. The number of carbonyl (C=O) groups is 1. The van der Waals surface area contributed by atoms with Gasteiger partial charge in [0.05, 0.1) is 5.56 Å². The number of aromatic nitrogens is 3. The minimum atomic E-state index is -0.170. The Hall–Kier alpha value is -3.02. The molecule has 0 fully saturated rings. The van der Waals surface area contributed by atoms with E-state index in [4.69, 9.17) is 4.42 Å². The molecule has 0 spiro atoms. The summed E-state index contributed by atoms with van der Waals surface area (Å²) >= 11 is 0. The standard InChI is InChI=1S/C17H16N4O2/c1-12-4-2-5-13(10-12)17-21-20-15(23-17)7-9-19-16(22)14-6-3-8-18-11-14/h2-6,8,10-11H,7,9H2,1H3,(H,19,22). The van der Waals surface area contributed by atoms with Crippen molar-refractivity contribution in [3.8, 4) is 11.5 Å². The van der Waals surface area contributed by atoms with E-state index in [-0.39, 0.29) is 5.91 Å². The molecule has 23 heavy (non-hydrogen) atoms. The minimum Gasteiger partial charge on any atom is -0.421 e. The highest BCUT2D eigenvalue weighted by molar-refractivity contribution is 5.93. The Morgan fingerprint density at radius 2 is 2.13 bits per heavy atom. The van der Waals surface area contributed by atoms with Gasteiger partial charge in [0.1, 0.15) is 0 Å². The van der Waals surface area contributed by atoms with Gasteiger partial charge in [0.15, 0.2) is 0 Å². The van der Waals surface area contributed by atoms with Gasteiger partial charge in [0.2, 0.25) is 11.8 Å². The Kier molecular flexibility index (Phi) is 4.42. The van der Waals surface area contributed by atoms with Crippen LogP contribution in [0.3, 0.4) is 0 Å². The van der Waals surface area contributed by atoms with Crippen molar-refractivity contribution in [1.82, 2.24) is 20.5 Å².